The molecule has 0 aliphatic carbocycles. The van der Waals surface area contributed by atoms with Gasteiger partial charge in [0.2, 0.25) is 0 Å². The Bertz CT molecular complexity index is 1770. The Kier molecular flexibility index (Phi) is 14.4. The molecule has 4 rings (SSSR count). The second-order valence-electron chi connectivity index (χ2n) is 8.80. The molecular weight excluding hydrogens is 613 g/mol. The smallest absolute Gasteiger partial charge is 0.744 e. The van der Waals surface area contributed by atoms with Gasteiger partial charge in [-0.05, 0) is 24.6 Å². The van der Waals surface area contributed by atoms with Crippen molar-refractivity contribution in [2.45, 2.75) is 60.1 Å². The summed E-state index contributed by atoms with van der Waals surface area (Å²) in [5, 5.41) is -0.418. The standard InChI is InChI=1S/C24H26O10S3.3Na/c1-2-3-4-5-6-7-12-34-19-13-20(35(25,26)27)16-10-11-18-22(37(31,32)33)14-21(36(28,29)30)17-9-8-15(19)23(16)24(17)18;;;/h8-11,13-14H,2-7,12H2,1H3,(H,25,26,27)(H,28,29,30)(H,31,32,33);;;/q;3*+1/p-3. The van der Waals surface area contributed by atoms with E-state index in [0.29, 0.717) is 12.5 Å². The minimum absolute atomic E-state index is 0. The van der Waals surface area contributed by atoms with Gasteiger partial charge in [-0.1, -0.05) is 57.2 Å². The molecule has 0 aliphatic heterocycles. The van der Waals surface area contributed by atoms with Crippen LogP contribution in [0.3, 0.4) is 0 Å². The molecule has 0 saturated carbocycles. The fourth-order valence-electron chi connectivity index (χ4n) is 4.67. The first kappa shape index (κ1) is 38.5. The van der Waals surface area contributed by atoms with E-state index in [9.17, 15) is 38.9 Å². The van der Waals surface area contributed by atoms with E-state index in [0.717, 1.165) is 44.2 Å². The van der Waals surface area contributed by atoms with Gasteiger partial charge in [-0.3, -0.25) is 0 Å². The van der Waals surface area contributed by atoms with Crippen LogP contribution in [0.4, 0.5) is 0 Å². The molecule has 0 amide bonds. The average Bonchev–Trinajstić information content (AvgIpc) is 2.79. The zero-order chi connectivity index (χ0) is 27.2. The first-order chi connectivity index (χ1) is 17.2. The first-order valence-corrected chi connectivity index (χ1v) is 15.8. The molecule has 0 saturated heterocycles. The minimum Gasteiger partial charge on any atom is -0.744 e. The molecule has 16 heteroatoms. The zero-order valence-corrected chi connectivity index (χ0v) is 31.2. The van der Waals surface area contributed by atoms with Crippen molar-refractivity contribution in [3.63, 3.8) is 0 Å². The summed E-state index contributed by atoms with van der Waals surface area (Å²) in [5.74, 6) is 0.0202. The van der Waals surface area contributed by atoms with Crippen LogP contribution in [0.25, 0.3) is 32.3 Å². The largest absolute Gasteiger partial charge is 1.00 e. The number of ether oxygens (including phenoxy) is 1. The van der Waals surface area contributed by atoms with Crippen LogP contribution >= 0.6 is 0 Å². The Labute approximate surface area is 300 Å². The van der Waals surface area contributed by atoms with Crippen LogP contribution in [0.5, 0.6) is 5.75 Å². The summed E-state index contributed by atoms with van der Waals surface area (Å²) in [7, 11) is -15.6. The van der Waals surface area contributed by atoms with Crippen molar-refractivity contribution in [3.8, 4) is 5.75 Å². The van der Waals surface area contributed by atoms with Crippen LogP contribution in [-0.2, 0) is 30.4 Å². The van der Waals surface area contributed by atoms with Gasteiger partial charge in [0.1, 0.15) is 36.1 Å². The second-order valence-corrected chi connectivity index (χ2v) is 12.8. The Hall–Kier alpha value is 0.450. The monoisotopic (exact) mass is 636 g/mol. The van der Waals surface area contributed by atoms with E-state index >= 15 is 0 Å². The predicted octanol–water partition coefficient (Wildman–Crippen LogP) is -4.95. The number of hydrogen-bond acceptors (Lipinski definition) is 10. The molecule has 0 unspecified atom stereocenters. The van der Waals surface area contributed by atoms with Crippen LogP contribution in [-0.4, -0.2) is 45.5 Å². The van der Waals surface area contributed by atoms with E-state index in [2.05, 4.69) is 6.92 Å². The molecule has 0 heterocycles. The molecule has 0 fully saturated rings. The van der Waals surface area contributed by atoms with E-state index in [-0.39, 0.29) is 133 Å². The number of rotatable bonds is 11. The molecule has 0 spiro atoms. The van der Waals surface area contributed by atoms with Crippen LogP contribution < -0.4 is 93.4 Å². The summed E-state index contributed by atoms with van der Waals surface area (Å²) in [5.41, 5.74) is 0. The van der Waals surface area contributed by atoms with Crippen LogP contribution in [0.15, 0.2) is 51.1 Å². The van der Waals surface area contributed by atoms with E-state index in [1.54, 1.807) is 0 Å². The average molecular weight is 637 g/mol. The molecular formula is C24H23Na3O10S3. The molecule has 4 aromatic carbocycles. The zero-order valence-electron chi connectivity index (χ0n) is 22.7. The molecule has 40 heavy (non-hydrogen) atoms. The molecule has 4 aromatic rings. The van der Waals surface area contributed by atoms with Crippen molar-refractivity contribution in [1.29, 1.82) is 0 Å². The molecule has 0 radical (unpaired) electrons. The van der Waals surface area contributed by atoms with Crippen molar-refractivity contribution in [2.75, 3.05) is 6.61 Å². The van der Waals surface area contributed by atoms with Gasteiger partial charge in [0.05, 0.1) is 21.3 Å². The summed E-state index contributed by atoms with van der Waals surface area (Å²) in [4.78, 5) is -2.56. The van der Waals surface area contributed by atoms with Crippen molar-refractivity contribution in [3.05, 3.63) is 36.4 Å². The fraction of sp³-hybridized carbons (Fsp3) is 0.333. The van der Waals surface area contributed by atoms with E-state index in [4.69, 9.17) is 4.74 Å². The van der Waals surface area contributed by atoms with Gasteiger partial charge in [-0.15, -0.1) is 0 Å². The van der Waals surface area contributed by atoms with Gasteiger partial charge in [-0.25, -0.2) is 25.3 Å². The van der Waals surface area contributed by atoms with Crippen LogP contribution in [0.1, 0.15) is 45.4 Å². The molecule has 0 bridgehead atoms. The summed E-state index contributed by atoms with van der Waals surface area (Å²) in [6.45, 7) is 2.30. The molecule has 0 aromatic heterocycles. The maximum atomic E-state index is 12.2. The van der Waals surface area contributed by atoms with Crippen LogP contribution in [0.2, 0.25) is 0 Å². The summed E-state index contributed by atoms with van der Waals surface area (Å²) in [6.07, 6.45) is 5.80. The van der Waals surface area contributed by atoms with Gasteiger partial charge in [0.25, 0.3) is 0 Å². The summed E-state index contributed by atoms with van der Waals surface area (Å²) >= 11 is 0. The van der Waals surface area contributed by atoms with E-state index < -0.39 is 45.0 Å². The van der Waals surface area contributed by atoms with Crippen molar-refractivity contribution >= 4 is 62.7 Å². The molecule has 0 aliphatic rings. The maximum Gasteiger partial charge on any atom is 1.00 e. The van der Waals surface area contributed by atoms with Gasteiger partial charge in [0.15, 0.2) is 0 Å². The van der Waals surface area contributed by atoms with Gasteiger partial charge in [-0.2, -0.15) is 0 Å². The molecule has 200 valence electrons. The van der Waals surface area contributed by atoms with Crippen molar-refractivity contribution in [2.24, 2.45) is 0 Å². The molecule has 0 atom stereocenters. The maximum absolute atomic E-state index is 12.2. The Morgan fingerprint density at radius 1 is 0.575 bits per heavy atom. The second kappa shape index (κ2) is 15.0. The third-order valence-corrected chi connectivity index (χ3v) is 8.94. The Morgan fingerprint density at radius 2 is 0.950 bits per heavy atom. The third kappa shape index (κ3) is 8.13. The van der Waals surface area contributed by atoms with Gasteiger partial charge < -0.3 is 18.4 Å². The number of unbranched alkanes of at least 4 members (excludes halogenated alkanes) is 5. The van der Waals surface area contributed by atoms with E-state index in [1.807, 2.05) is 0 Å². The summed E-state index contributed by atoms with van der Waals surface area (Å²) < 4.78 is 114. The molecule has 0 N–H and O–H groups in total. The van der Waals surface area contributed by atoms with Crippen molar-refractivity contribution in [1.82, 2.24) is 0 Å². The minimum atomic E-state index is -5.25. The third-order valence-electron chi connectivity index (χ3n) is 6.31. The molecule has 10 nitrogen and oxygen atoms in total. The van der Waals surface area contributed by atoms with Gasteiger partial charge >= 0.3 is 88.7 Å². The summed E-state index contributed by atoms with van der Waals surface area (Å²) in [6, 6.07) is 6.54. The van der Waals surface area contributed by atoms with Gasteiger partial charge in [0, 0.05) is 32.3 Å². The normalized spacial score (nSPS) is 12.2. The fourth-order valence-corrected chi connectivity index (χ4v) is 6.84. The Morgan fingerprint density at radius 3 is 1.40 bits per heavy atom. The number of benzene rings is 4. The van der Waals surface area contributed by atoms with Crippen LogP contribution in [0, 0.1) is 0 Å². The Balaban J connectivity index is 0.00000267. The first-order valence-electron chi connectivity index (χ1n) is 11.5. The predicted molar refractivity (Wildman–Crippen MR) is 133 cm³/mol. The number of hydrogen-bond donors (Lipinski definition) is 0. The quantitative estimate of drug-likeness (QED) is 0.0670. The van der Waals surface area contributed by atoms with E-state index in [1.165, 1.54) is 18.2 Å². The SMILES string of the molecule is CCCCCCCCOc1cc(S(=O)(=O)[O-])c2ccc3c(S(=O)(=O)[O-])cc(S(=O)(=O)[O-])c4ccc1c2c43.[Na+].[Na+].[Na+]. The topological polar surface area (TPSA) is 181 Å². The van der Waals surface area contributed by atoms with Crippen molar-refractivity contribution < 1.29 is 132 Å².